The summed E-state index contributed by atoms with van der Waals surface area (Å²) in [5.41, 5.74) is -0.861. The van der Waals surface area contributed by atoms with Crippen LogP contribution in [0.5, 0.6) is 0 Å². The monoisotopic (exact) mass is 310 g/mol. The first-order chi connectivity index (χ1) is 10.3. The Kier molecular flexibility index (Phi) is 4.30. The van der Waals surface area contributed by atoms with Crippen molar-refractivity contribution in [2.75, 3.05) is 0 Å². The van der Waals surface area contributed by atoms with Crippen molar-refractivity contribution in [3.63, 3.8) is 0 Å². The van der Waals surface area contributed by atoms with E-state index in [0.717, 1.165) is 30.4 Å². The van der Waals surface area contributed by atoms with E-state index in [1.54, 1.807) is 0 Å². The summed E-state index contributed by atoms with van der Waals surface area (Å²) in [7, 11) is 0. The molecule has 114 valence electrons. The minimum absolute atomic E-state index is 0.0259. The first-order valence-electron chi connectivity index (χ1n) is 6.15. The fourth-order valence-corrected chi connectivity index (χ4v) is 2.01. The molecule has 0 bridgehead atoms. The van der Waals surface area contributed by atoms with Crippen molar-refractivity contribution < 1.29 is 27.5 Å². The van der Waals surface area contributed by atoms with Gasteiger partial charge in [0.25, 0.3) is 0 Å². The predicted octanol–water partition coefficient (Wildman–Crippen LogP) is 4.61. The van der Waals surface area contributed by atoms with Gasteiger partial charge in [-0.2, -0.15) is 13.2 Å². The smallest absolute Gasteiger partial charge is 0.417 e. The second kappa shape index (κ2) is 6.01. The Hall–Kier alpha value is -2.63. The van der Waals surface area contributed by atoms with Crippen LogP contribution < -0.4 is 0 Å². The quantitative estimate of drug-likeness (QED) is 0.664. The van der Waals surface area contributed by atoms with Crippen LogP contribution in [0.15, 0.2) is 48.5 Å². The lowest BCUT2D eigenvalue weighted by Crippen LogP contribution is -2.07. The van der Waals surface area contributed by atoms with Crippen LogP contribution in [0.3, 0.4) is 0 Å². The lowest BCUT2D eigenvalue weighted by molar-refractivity contribution is -0.137. The summed E-state index contributed by atoms with van der Waals surface area (Å²) >= 11 is 0. The topological polar surface area (TPSA) is 37.3 Å². The van der Waals surface area contributed by atoms with Crippen LogP contribution in [0.1, 0.15) is 11.1 Å². The molecule has 0 aliphatic carbocycles. The van der Waals surface area contributed by atoms with E-state index in [4.69, 9.17) is 5.11 Å². The standard InChI is InChI=1S/C16H10F4O2/c17-12-8-10(5-6-15(21)22)7-11(9-12)13-3-1-2-4-14(13)16(18,19)20/h1-9H,(H,21,22). The van der Waals surface area contributed by atoms with Gasteiger partial charge in [0.15, 0.2) is 0 Å². The van der Waals surface area contributed by atoms with Crippen LogP contribution >= 0.6 is 0 Å². The van der Waals surface area contributed by atoms with Gasteiger partial charge in [0.1, 0.15) is 5.82 Å². The maximum absolute atomic E-state index is 13.6. The summed E-state index contributed by atoms with van der Waals surface area (Å²) in [6.07, 6.45) is -2.67. The van der Waals surface area contributed by atoms with Crippen molar-refractivity contribution in [3.8, 4) is 11.1 Å². The second-order valence-electron chi connectivity index (χ2n) is 4.49. The molecule has 0 aromatic heterocycles. The van der Waals surface area contributed by atoms with Gasteiger partial charge in [-0.15, -0.1) is 0 Å². The molecule has 0 spiro atoms. The highest BCUT2D eigenvalue weighted by Gasteiger charge is 2.33. The molecule has 0 saturated heterocycles. The number of carboxylic acid groups (broad SMARTS) is 1. The van der Waals surface area contributed by atoms with Gasteiger partial charge < -0.3 is 5.11 Å². The van der Waals surface area contributed by atoms with Crippen molar-refractivity contribution in [1.29, 1.82) is 0 Å². The van der Waals surface area contributed by atoms with Crippen LogP contribution in [0, 0.1) is 5.82 Å². The molecule has 0 amide bonds. The van der Waals surface area contributed by atoms with Crippen LogP contribution in [0.2, 0.25) is 0 Å². The number of halogens is 4. The summed E-state index contributed by atoms with van der Waals surface area (Å²) < 4.78 is 52.6. The first kappa shape index (κ1) is 15.8. The first-order valence-corrected chi connectivity index (χ1v) is 6.15. The average molecular weight is 310 g/mol. The minimum Gasteiger partial charge on any atom is -0.478 e. The molecule has 6 heteroatoms. The van der Waals surface area contributed by atoms with Crippen molar-refractivity contribution >= 4 is 12.0 Å². The molecule has 0 saturated carbocycles. The number of aliphatic carboxylic acids is 1. The average Bonchev–Trinajstić information content (AvgIpc) is 2.43. The van der Waals surface area contributed by atoms with Gasteiger partial charge in [0.2, 0.25) is 0 Å². The maximum atomic E-state index is 13.6. The summed E-state index contributed by atoms with van der Waals surface area (Å²) in [4.78, 5) is 10.5. The predicted molar refractivity (Wildman–Crippen MR) is 73.5 cm³/mol. The lowest BCUT2D eigenvalue weighted by atomic mass is 9.97. The Bertz CT molecular complexity index is 733. The molecule has 2 aromatic carbocycles. The summed E-state index contributed by atoms with van der Waals surface area (Å²) in [5, 5.41) is 8.55. The fraction of sp³-hybridized carbons (Fsp3) is 0.0625. The van der Waals surface area contributed by atoms with Gasteiger partial charge >= 0.3 is 12.1 Å². The zero-order valence-corrected chi connectivity index (χ0v) is 11.1. The molecule has 0 aliphatic heterocycles. The van der Waals surface area contributed by atoms with Gasteiger partial charge in [-0.3, -0.25) is 0 Å². The summed E-state index contributed by atoms with van der Waals surface area (Å²) in [6.45, 7) is 0. The van der Waals surface area contributed by atoms with E-state index in [-0.39, 0.29) is 16.7 Å². The Morgan fingerprint density at radius 3 is 2.41 bits per heavy atom. The molecular weight excluding hydrogens is 300 g/mol. The molecule has 2 nitrogen and oxygen atoms in total. The molecular formula is C16H10F4O2. The number of rotatable bonds is 3. The van der Waals surface area contributed by atoms with Crippen molar-refractivity contribution in [1.82, 2.24) is 0 Å². The third-order valence-corrected chi connectivity index (χ3v) is 2.88. The Labute approximate surface area is 123 Å². The zero-order valence-electron chi connectivity index (χ0n) is 11.1. The SMILES string of the molecule is O=C(O)C=Cc1cc(F)cc(-c2ccccc2C(F)(F)F)c1. The second-order valence-corrected chi connectivity index (χ2v) is 4.49. The molecule has 1 N–H and O–H groups in total. The van der Waals surface area contributed by atoms with E-state index in [1.807, 2.05) is 0 Å². The third kappa shape index (κ3) is 3.72. The number of hydrogen-bond donors (Lipinski definition) is 1. The third-order valence-electron chi connectivity index (χ3n) is 2.88. The number of hydrogen-bond acceptors (Lipinski definition) is 1. The molecule has 2 aromatic rings. The van der Waals surface area contributed by atoms with E-state index >= 15 is 0 Å². The molecule has 0 radical (unpaired) electrons. The van der Waals surface area contributed by atoms with Gasteiger partial charge in [-0.25, -0.2) is 9.18 Å². The molecule has 0 heterocycles. The lowest BCUT2D eigenvalue weighted by Gasteiger charge is -2.13. The Morgan fingerprint density at radius 1 is 1.09 bits per heavy atom. The van der Waals surface area contributed by atoms with Gasteiger partial charge in [-0.1, -0.05) is 18.2 Å². The number of benzene rings is 2. The molecule has 0 fully saturated rings. The highest BCUT2D eigenvalue weighted by atomic mass is 19.4. The van der Waals surface area contributed by atoms with E-state index in [9.17, 15) is 22.4 Å². The van der Waals surface area contributed by atoms with Crippen LogP contribution in [-0.4, -0.2) is 11.1 Å². The van der Waals surface area contributed by atoms with Gasteiger partial charge in [0, 0.05) is 6.08 Å². The molecule has 0 unspecified atom stereocenters. The van der Waals surface area contributed by atoms with Crippen molar-refractivity contribution in [2.24, 2.45) is 0 Å². The number of alkyl halides is 3. The molecule has 0 aliphatic rings. The largest absolute Gasteiger partial charge is 0.478 e. The molecule has 0 atom stereocenters. The minimum atomic E-state index is -4.57. The van der Waals surface area contributed by atoms with E-state index in [0.29, 0.717) is 0 Å². The van der Waals surface area contributed by atoms with E-state index < -0.39 is 23.5 Å². The number of carbonyl (C=O) groups is 1. The number of carboxylic acids is 1. The van der Waals surface area contributed by atoms with Crippen LogP contribution in [0.4, 0.5) is 17.6 Å². The van der Waals surface area contributed by atoms with E-state index in [1.165, 1.54) is 24.3 Å². The van der Waals surface area contributed by atoms with Crippen molar-refractivity contribution in [2.45, 2.75) is 6.18 Å². The molecule has 22 heavy (non-hydrogen) atoms. The molecule has 2 rings (SSSR count). The maximum Gasteiger partial charge on any atom is 0.417 e. The van der Waals surface area contributed by atoms with Crippen molar-refractivity contribution in [3.05, 3.63) is 65.5 Å². The zero-order chi connectivity index (χ0) is 16.3. The van der Waals surface area contributed by atoms with Crippen LogP contribution in [0.25, 0.3) is 17.2 Å². The normalized spacial score (nSPS) is 11.8. The Morgan fingerprint density at radius 2 is 1.77 bits per heavy atom. The van der Waals surface area contributed by atoms with E-state index in [2.05, 4.69) is 0 Å². The highest BCUT2D eigenvalue weighted by molar-refractivity contribution is 5.85. The van der Waals surface area contributed by atoms with Gasteiger partial charge in [-0.05, 0) is 47.0 Å². The highest BCUT2D eigenvalue weighted by Crippen LogP contribution is 2.37. The summed E-state index contributed by atoms with van der Waals surface area (Å²) in [6, 6.07) is 8.13. The van der Waals surface area contributed by atoms with Gasteiger partial charge in [0.05, 0.1) is 5.56 Å². The fourth-order valence-electron chi connectivity index (χ4n) is 2.01. The Balaban J connectivity index is 2.57. The van der Waals surface area contributed by atoms with Crippen LogP contribution in [-0.2, 0) is 11.0 Å². The summed E-state index contributed by atoms with van der Waals surface area (Å²) in [5.74, 6) is -1.99.